The summed E-state index contributed by atoms with van der Waals surface area (Å²) in [5, 5.41) is 8.32. The van der Waals surface area contributed by atoms with Crippen LogP contribution < -0.4 is 0 Å². The maximum atomic E-state index is 10.9. The van der Waals surface area contributed by atoms with Gasteiger partial charge in [-0.25, -0.2) is 4.79 Å². The molecule has 0 bridgehead atoms. The first-order chi connectivity index (χ1) is 7.16. The molecule has 0 spiro atoms. The first kappa shape index (κ1) is 13.9. The highest BCUT2D eigenvalue weighted by atomic mass is 17.2. The van der Waals surface area contributed by atoms with Gasteiger partial charge in [0.15, 0.2) is 0 Å². The SMILES string of the molecule is CCCCCOOC(=O)CCCC(=O)O. The van der Waals surface area contributed by atoms with Gasteiger partial charge < -0.3 is 5.11 Å². The van der Waals surface area contributed by atoms with Crippen LogP contribution in [-0.2, 0) is 19.4 Å². The molecule has 0 fully saturated rings. The minimum Gasteiger partial charge on any atom is -0.481 e. The number of hydrogen-bond acceptors (Lipinski definition) is 4. The van der Waals surface area contributed by atoms with Gasteiger partial charge in [-0.05, 0) is 12.8 Å². The molecule has 0 atom stereocenters. The molecule has 0 aliphatic carbocycles. The maximum Gasteiger partial charge on any atom is 0.342 e. The molecule has 0 heterocycles. The van der Waals surface area contributed by atoms with E-state index in [-0.39, 0.29) is 19.3 Å². The van der Waals surface area contributed by atoms with Gasteiger partial charge in [0, 0.05) is 12.8 Å². The second-order valence-electron chi connectivity index (χ2n) is 3.23. The number of carbonyl (C=O) groups excluding carboxylic acids is 1. The predicted molar refractivity (Wildman–Crippen MR) is 53.1 cm³/mol. The second-order valence-corrected chi connectivity index (χ2v) is 3.23. The molecule has 0 aromatic rings. The average Bonchev–Trinajstić information content (AvgIpc) is 2.17. The summed E-state index contributed by atoms with van der Waals surface area (Å²) in [6, 6.07) is 0. The van der Waals surface area contributed by atoms with E-state index in [9.17, 15) is 9.59 Å². The van der Waals surface area contributed by atoms with Crippen molar-refractivity contribution in [3.8, 4) is 0 Å². The molecule has 0 saturated heterocycles. The Kier molecular flexibility index (Phi) is 8.76. The largest absolute Gasteiger partial charge is 0.481 e. The van der Waals surface area contributed by atoms with Crippen LogP contribution in [0.4, 0.5) is 0 Å². The summed E-state index contributed by atoms with van der Waals surface area (Å²) in [7, 11) is 0. The van der Waals surface area contributed by atoms with Crippen molar-refractivity contribution in [3.05, 3.63) is 0 Å². The topological polar surface area (TPSA) is 72.8 Å². The van der Waals surface area contributed by atoms with Crippen molar-refractivity contribution in [2.45, 2.75) is 45.4 Å². The maximum absolute atomic E-state index is 10.9. The molecular weight excluding hydrogens is 200 g/mol. The van der Waals surface area contributed by atoms with Crippen molar-refractivity contribution in [3.63, 3.8) is 0 Å². The first-order valence-corrected chi connectivity index (χ1v) is 5.21. The minimum absolute atomic E-state index is 0.0229. The van der Waals surface area contributed by atoms with E-state index in [0.717, 1.165) is 19.3 Å². The molecule has 88 valence electrons. The van der Waals surface area contributed by atoms with E-state index in [1.54, 1.807) is 0 Å². The van der Waals surface area contributed by atoms with Gasteiger partial charge in [0.2, 0.25) is 0 Å². The fourth-order valence-corrected chi connectivity index (χ4v) is 0.944. The molecule has 0 radical (unpaired) electrons. The Morgan fingerprint density at radius 1 is 1.13 bits per heavy atom. The van der Waals surface area contributed by atoms with E-state index >= 15 is 0 Å². The third-order valence-electron chi connectivity index (χ3n) is 1.75. The summed E-state index contributed by atoms with van der Waals surface area (Å²) in [6.07, 6.45) is 3.32. The minimum atomic E-state index is -0.910. The number of carbonyl (C=O) groups is 2. The van der Waals surface area contributed by atoms with Crippen LogP contribution in [0.3, 0.4) is 0 Å². The molecule has 0 aliphatic rings. The van der Waals surface area contributed by atoms with E-state index in [2.05, 4.69) is 16.7 Å². The fourth-order valence-electron chi connectivity index (χ4n) is 0.944. The molecule has 0 aromatic heterocycles. The predicted octanol–water partition coefficient (Wildman–Crippen LogP) is 1.91. The zero-order valence-electron chi connectivity index (χ0n) is 9.03. The Balaban J connectivity index is 3.22. The van der Waals surface area contributed by atoms with E-state index in [1.807, 2.05) is 0 Å². The van der Waals surface area contributed by atoms with Crippen LogP contribution >= 0.6 is 0 Å². The van der Waals surface area contributed by atoms with Crippen molar-refractivity contribution in [2.24, 2.45) is 0 Å². The third-order valence-corrected chi connectivity index (χ3v) is 1.75. The normalized spacial score (nSPS) is 9.93. The van der Waals surface area contributed by atoms with E-state index in [0.29, 0.717) is 6.61 Å². The Bertz CT molecular complexity index is 190. The second kappa shape index (κ2) is 9.45. The van der Waals surface area contributed by atoms with Crippen LogP contribution in [0.15, 0.2) is 0 Å². The van der Waals surface area contributed by atoms with Crippen LogP contribution in [0, 0.1) is 0 Å². The van der Waals surface area contributed by atoms with Gasteiger partial charge in [0.1, 0.15) is 0 Å². The molecule has 15 heavy (non-hydrogen) atoms. The van der Waals surface area contributed by atoms with Crippen LogP contribution in [0.2, 0.25) is 0 Å². The summed E-state index contributed by atoms with van der Waals surface area (Å²) in [5.41, 5.74) is 0. The highest BCUT2D eigenvalue weighted by molar-refractivity contribution is 5.71. The summed E-state index contributed by atoms with van der Waals surface area (Å²) < 4.78 is 0. The smallest absolute Gasteiger partial charge is 0.342 e. The summed E-state index contributed by atoms with van der Waals surface area (Å²) in [5.74, 6) is -1.42. The van der Waals surface area contributed by atoms with E-state index in [4.69, 9.17) is 5.11 Å². The van der Waals surface area contributed by atoms with Gasteiger partial charge in [0.05, 0.1) is 6.61 Å². The van der Waals surface area contributed by atoms with Crippen LogP contribution in [-0.4, -0.2) is 23.7 Å². The van der Waals surface area contributed by atoms with Crippen LogP contribution in [0.1, 0.15) is 45.4 Å². The highest BCUT2D eigenvalue weighted by Crippen LogP contribution is 1.99. The number of unbranched alkanes of at least 4 members (excludes halogenated alkanes) is 2. The fraction of sp³-hybridized carbons (Fsp3) is 0.800. The van der Waals surface area contributed by atoms with Crippen LogP contribution in [0.25, 0.3) is 0 Å². The molecule has 0 aromatic carbocycles. The monoisotopic (exact) mass is 218 g/mol. The number of carboxylic acids is 1. The molecule has 5 heteroatoms. The van der Waals surface area contributed by atoms with Gasteiger partial charge in [-0.15, -0.1) is 0 Å². The quantitative estimate of drug-likeness (QED) is 0.363. The number of rotatable bonds is 9. The molecule has 0 unspecified atom stereocenters. The van der Waals surface area contributed by atoms with E-state index in [1.165, 1.54) is 0 Å². The Morgan fingerprint density at radius 2 is 1.87 bits per heavy atom. The molecule has 0 saturated carbocycles. The Morgan fingerprint density at radius 3 is 2.47 bits per heavy atom. The summed E-state index contributed by atoms with van der Waals surface area (Å²) >= 11 is 0. The number of aliphatic carboxylic acids is 1. The lowest BCUT2D eigenvalue weighted by Gasteiger charge is -2.02. The Labute approximate surface area is 89.3 Å². The van der Waals surface area contributed by atoms with Crippen LogP contribution in [0.5, 0.6) is 0 Å². The highest BCUT2D eigenvalue weighted by Gasteiger charge is 2.05. The zero-order chi connectivity index (χ0) is 11.5. The van der Waals surface area contributed by atoms with Crippen molar-refractivity contribution < 1.29 is 24.5 Å². The van der Waals surface area contributed by atoms with Gasteiger partial charge in [-0.3, -0.25) is 9.68 Å². The van der Waals surface area contributed by atoms with E-state index < -0.39 is 11.9 Å². The molecule has 0 amide bonds. The van der Waals surface area contributed by atoms with Gasteiger partial charge >= 0.3 is 11.9 Å². The molecule has 0 rings (SSSR count). The third kappa shape index (κ3) is 10.8. The standard InChI is InChI=1S/C10H18O5/c1-2-3-4-8-14-15-10(13)7-5-6-9(11)12/h2-8H2,1H3,(H,11,12). The lowest BCUT2D eigenvalue weighted by molar-refractivity contribution is -0.272. The first-order valence-electron chi connectivity index (χ1n) is 5.21. The average molecular weight is 218 g/mol. The van der Waals surface area contributed by atoms with Gasteiger partial charge in [-0.1, -0.05) is 19.8 Å². The summed E-state index contributed by atoms with van der Waals surface area (Å²) in [4.78, 5) is 30.1. The van der Waals surface area contributed by atoms with Gasteiger partial charge in [-0.2, -0.15) is 4.89 Å². The van der Waals surface area contributed by atoms with Gasteiger partial charge in [0.25, 0.3) is 0 Å². The van der Waals surface area contributed by atoms with Crippen molar-refractivity contribution >= 4 is 11.9 Å². The molecule has 5 nitrogen and oxygen atoms in total. The number of hydrogen-bond donors (Lipinski definition) is 1. The number of carboxylic acid groups (broad SMARTS) is 1. The molecule has 0 aliphatic heterocycles. The zero-order valence-corrected chi connectivity index (χ0v) is 9.03. The lowest BCUT2D eigenvalue weighted by atomic mass is 10.2. The van der Waals surface area contributed by atoms with Crippen molar-refractivity contribution in [1.82, 2.24) is 0 Å². The van der Waals surface area contributed by atoms with Crippen molar-refractivity contribution in [1.29, 1.82) is 0 Å². The molecule has 1 N–H and O–H groups in total. The van der Waals surface area contributed by atoms with Crippen molar-refractivity contribution in [2.75, 3.05) is 6.61 Å². The Hall–Kier alpha value is -1.10. The molecular formula is C10H18O5. The lowest BCUT2D eigenvalue weighted by Crippen LogP contribution is -2.07. The summed E-state index contributed by atoms with van der Waals surface area (Å²) in [6.45, 7) is 2.47.